The van der Waals surface area contributed by atoms with Gasteiger partial charge < -0.3 is 14.4 Å². The number of nitrogens with one attached hydrogen (secondary N) is 1. The number of carbonyl (C=O) groups excluding carboxylic acids is 1. The molecule has 1 atom stereocenters. The molecule has 0 saturated heterocycles. The maximum absolute atomic E-state index is 11.4. The van der Waals surface area contributed by atoms with E-state index < -0.39 is 5.97 Å². The van der Waals surface area contributed by atoms with Gasteiger partial charge in [-0.3, -0.25) is 14.9 Å². The van der Waals surface area contributed by atoms with Gasteiger partial charge in [0.05, 0.1) is 26.6 Å². The van der Waals surface area contributed by atoms with Crippen molar-refractivity contribution < 1.29 is 24.0 Å². The number of esters is 1. The van der Waals surface area contributed by atoms with Gasteiger partial charge in [-0.25, -0.2) is 0 Å². The maximum atomic E-state index is 11.4. The molecule has 1 aliphatic carbocycles. The van der Waals surface area contributed by atoms with Crippen molar-refractivity contribution in [3.8, 4) is 0 Å². The number of nitrogens with zero attached hydrogens (tertiary/aromatic N) is 2. The predicted molar refractivity (Wildman–Crippen MR) is 112 cm³/mol. The Hall–Kier alpha value is -1.96. The number of rotatable bonds is 11. The molecule has 0 spiro atoms. The molecule has 1 unspecified atom stereocenters. The van der Waals surface area contributed by atoms with E-state index in [4.69, 9.17) is 4.52 Å². The lowest BCUT2D eigenvalue weighted by Crippen LogP contribution is -2.37. The highest BCUT2D eigenvalue weighted by atomic mass is 16.5. The SMILES string of the molecule is COC(=O)CNCc1noc(C(CCCC2(C(C)(C)C)CCCCC2)CC(=O)O)n1. The number of ether oxygens (including phenoxy) is 1. The molecular weight excluding hydrogens is 386 g/mol. The van der Waals surface area contributed by atoms with Crippen LogP contribution in [-0.2, 0) is 20.9 Å². The highest BCUT2D eigenvalue weighted by molar-refractivity contribution is 5.71. The summed E-state index contributed by atoms with van der Waals surface area (Å²) in [6.45, 7) is 7.30. The van der Waals surface area contributed by atoms with Crippen LogP contribution in [0.5, 0.6) is 0 Å². The lowest BCUT2D eigenvalue weighted by atomic mass is 9.57. The average molecular weight is 424 g/mol. The molecule has 1 fully saturated rings. The van der Waals surface area contributed by atoms with Crippen LogP contribution in [-0.4, -0.2) is 40.8 Å². The fraction of sp³-hybridized carbons (Fsp3) is 0.818. The zero-order valence-corrected chi connectivity index (χ0v) is 18.8. The number of carbonyl (C=O) groups is 2. The highest BCUT2D eigenvalue weighted by Crippen LogP contribution is 2.53. The fourth-order valence-electron chi connectivity index (χ4n) is 4.67. The summed E-state index contributed by atoms with van der Waals surface area (Å²) in [6, 6.07) is 0. The van der Waals surface area contributed by atoms with E-state index in [9.17, 15) is 14.7 Å². The lowest BCUT2D eigenvalue weighted by Gasteiger charge is -2.48. The Morgan fingerprint density at radius 2 is 1.97 bits per heavy atom. The molecule has 1 aromatic heterocycles. The Morgan fingerprint density at radius 1 is 1.27 bits per heavy atom. The van der Waals surface area contributed by atoms with E-state index in [-0.39, 0.29) is 36.8 Å². The lowest BCUT2D eigenvalue weighted by molar-refractivity contribution is -0.139. The van der Waals surface area contributed by atoms with E-state index in [0.29, 0.717) is 23.6 Å². The molecule has 8 heteroatoms. The van der Waals surface area contributed by atoms with Crippen molar-refractivity contribution in [2.45, 2.75) is 91.0 Å². The Bertz CT molecular complexity index is 689. The predicted octanol–water partition coefficient (Wildman–Crippen LogP) is 4.06. The minimum Gasteiger partial charge on any atom is -0.481 e. The Kier molecular flexibility index (Phi) is 8.82. The van der Waals surface area contributed by atoms with Crippen molar-refractivity contribution in [2.24, 2.45) is 10.8 Å². The first-order chi connectivity index (χ1) is 14.2. The number of carboxylic acids is 1. The first-order valence-electron chi connectivity index (χ1n) is 11.0. The van der Waals surface area contributed by atoms with E-state index in [1.807, 2.05) is 0 Å². The molecule has 1 aliphatic rings. The van der Waals surface area contributed by atoms with Crippen molar-refractivity contribution in [1.29, 1.82) is 0 Å². The van der Waals surface area contributed by atoms with Crippen LogP contribution < -0.4 is 5.32 Å². The monoisotopic (exact) mass is 423 g/mol. The molecule has 170 valence electrons. The molecular formula is C22H37N3O5. The van der Waals surface area contributed by atoms with Gasteiger partial charge in [-0.1, -0.05) is 51.6 Å². The van der Waals surface area contributed by atoms with Crippen LogP contribution in [0.3, 0.4) is 0 Å². The molecule has 2 rings (SSSR count). The quantitative estimate of drug-likeness (QED) is 0.512. The summed E-state index contributed by atoms with van der Waals surface area (Å²) < 4.78 is 9.94. The van der Waals surface area contributed by atoms with Crippen molar-refractivity contribution >= 4 is 11.9 Å². The summed E-state index contributed by atoms with van der Waals surface area (Å²) in [5.74, 6) is -0.779. The summed E-state index contributed by atoms with van der Waals surface area (Å²) in [6.07, 6.45) is 9.08. The van der Waals surface area contributed by atoms with Crippen LogP contribution in [0.1, 0.15) is 96.2 Å². The smallest absolute Gasteiger partial charge is 0.319 e. The second-order valence-electron chi connectivity index (χ2n) is 9.51. The van der Waals surface area contributed by atoms with Crippen LogP contribution in [0.25, 0.3) is 0 Å². The van der Waals surface area contributed by atoms with Crippen molar-refractivity contribution in [1.82, 2.24) is 15.5 Å². The molecule has 1 heterocycles. The highest BCUT2D eigenvalue weighted by Gasteiger charge is 2.41. The number of carboxylic acid groups (broad SMARTS) is 1. The molecule has 8 nitrogen and oxygen atoms in total. The first kappa shape index (κ1) is 24.3. The van der Waals surface area contributed by atoms with Gasteiger partial charge in [-0.2, -0.15) is 4.98 Å². The minimum absolute atomic E-state index is 0.0280. The number of methoxy groups -OCH3 is 1. The van der Waals surface area contributed by atoms with Gasteiger partial charge in [0.1, 0.15) is 0 Å². The summed E-state index contributed by atoms with van der Waals surface area (Å²) >= 11 is 0. The molecule has 0 radical (unpaired) electrons. The molecule has 0 aromatic carbocycles. The van der Waals surface area contributed by atoms with Crippen molar-refractivity contribution in [3.05, 3.63) is 11.7 Å². The zero-order valence-electron chi connectivity index (χ0n) is 18.8. The normalized spacial score (nSPS) is 17.5. The van der Waals surface area contributed by atoms with Gasteiger partial charge in [-0.15, -0.1) is 0 Å². The van der Waals surface area contributed by atoms with Gasteiger partial charge in [0.25, 0.3) is 0 Å². The summed E-state index contributed by atoms with van der Waals surface area (Å²) in [4.78, 5) is 26.9. The summed E-state index contributed by atoms with van der Waals surface area (Å²) in [7, 11) is 1.32. The maximum Gasteiger partial charge on any atom is 0.319 e. The van der Waals surface area contributed by atoms with Crippen LogP contribution in [0.2, 0.25) is 0 Å². The van der Waals surface area contributed by atoms with Gasteiger partial charge >= 0.3 is 11.9 Å². The Morgan fingerprint density at radius 3 is 2.57 bits per heavy atom. The zero-order chi connectivity index (χ0) is 22.2. The molecule has 30 heavy (non-hydrogen) atoms. The Labute approximate surface area is 179 Å². The van der Waals surface area contributed by atoms with E-state index in [1.54, 1.807) is 0 Å². The van der Waals surface area contributed by atoms with Crippen molar-refractivity contribution in [2.75, 3.05) is 13.7 Å². The van der Waals surface area contributed by atoms with Crippen molar-refractivity contribution in [3.63, 3.8) is 0 Å². The molecule has 0 aliphatic heterocycles. The van der Waals surface area contributed by atoms with Crippen LogP contribution in [0, 0.1) is 10.8 Å². The molecule has 2 N–H and O–H groups in total. The van der Waals surface area contributed by atoms with E-state index in [1.165, 1.54) is 39.2 Å². The fourth-order valence-corrected chi connectivity index (χ4v) is 4.67. The molecule has 1 saturated carbocycles. The van der Waals surface area contributed by atoms with Crippen LogP contribution in [0.15, 0.2) is 4.52 Å². The van der Waals surface area contributed by atoms with Gasteiger partial charge in [0, 0.05) is 5.92 Å². The number of hydrogen-bond acceptors (Lipinski definition) is 7. The number of aliphatic carboxylic acids is 1. The summed E-state index contributed by atoms with van der Waals surface area (Å²) in [5, 5.41) is 16.2. The first-order valence-corrected chi connectivity index (χ1v) is 11.0. The standard InChI is InChI=1S/C22H37N3O5/c1-21(2,3)22(10-6-5-7-11-22)12-8-9-16(13-18(26)27)20-24-17(25-30-20)14-23-15-19(28)29-4/h16,23H,5-15H2,1-4H3,(H,26,27). The van der Waals surface area contributed by atoms with Gasteiger partial charge in [0.15, 0.2) is 5.82 Å². The summed E-state index contributed by atoms with van der Waals surface area (Å²) in [5.41, 5.74) is 0.551. The molecule has 1 aromatic rings. The van der Waals surface area contributed by atoms with E-state index in [0.717, 1.165) is 12.8 Å². The van der Waals surface area contributed by atoms with Crippen LogP contribution in [0.4, 0.5) is 0 Å². The molecule has 0 amide bonds. The Balaban J connectivity index is 1.97. The average Bonchev–Trinajstić information content (AvgIpc) is 3.15. The second kappa shape index (κ2) is 10.9. The minimum atomic E-state index is -0.869. The number of aromatic nitrogens is 2. The second-order valence-corrected chi connectivity index (χ2v) is 9.51. The van der Waals surface area contributed by atoms with E-state index in [2.05, 4.69) is 41.0 Å². The van der Waals surface area contributed by atoms with Gasteiger partial charge in [0.2, 0.25) is 5.89 Å². The third-order valence-corrected chi connectivity index (χ3v) is 6.64. The van der Waals surface area contributed by atoms with E-state index >= 15 is 0 Å². The largest absolute Gasteiger partial charge is 0.481 e. The molecule has 0 bridgehead atoms. The van der Waals surface area contributed by atoms with Crippen LogP contribution >= 0.6 is 0 Å². The number of hydrogen-bond donors (Lipinski definition) is 2. The van der Waals surface area contributed by atoms with Gasteiger partial charge in [-0.05, 0) is 36.5 Å². The topological polar surface area (TPSA) is 115 Å². The third kappa shape index (κ3) is 6.79. The third-order valence-electron chi connectivity index (χ3n) is 6.64.